The molecular weight excluding hydrogens is 276 g/mol. The minimum Gasteiger partial charge on any atom is -0.494 e. The Morgan fingerprint density at radius 3 is 2.05 bits per heavy atom. The van der Waals surface area contributed by atoms with Gasteiger partial charge >= 0.3 is 5.97 Å². The normalized spacial score (nSPS) is 9.55. The van der Waals surface area contributed by atoms with Gasteiger partial charge in [-0.15, -0.1) is 0 Å². The van der Waals surface area contributed by atoms with Gasteiger partial charge in [-0.05, 0) is 25.5 Å². The maximum atomic E-state index is 9.60. The first-order valence-electron chi connectivity index (χ1n) is 8.14. The number of carbonyl (C=O) groups is 1. The molecule has 0 unspecified atom stereocenters. The Morgan fingerprint density at radius 1 is 1.05 bits per heavy atom. The van der Waals surface area contributed by atoms with Crippen molar-refractivity contribution in [2.45, 2.75) is 58.8 Å². The molecule has 0 aliphatic heterocycles. The monoisotopic (exact) mass is 306 g/mol. The van der Waals surface area contributed by atoms with E-state index in [4.69, 9.17) is 9.84 Å². The smallest absolute Gasteiger partial charge is 0.330 e. The topological polar surface area (TPSA) is 46.5 Å². The standard InChI is InChI=1S/C15H24O.C4H6O2/c1-2-3-4-5-6-7-11-14-16-15-12-9-8-10-13-15;1-3(2)4(5)6/h8-10,12-13H,2-7,11,14H2,1H3;1H2,2H3,(H,5,6). The lowest BCUT2D eigenvalue weighted by Gasteiger charge is -2.05. The SMILES string of the molecule is C=C(C)C(=O)O.CCCCCCCCCOc1ccccc1. The molecule has 0 aliphatic rings. The number of carboxylic acid groups (broad SMARTS) is 1. The Balaban J connectivity index is 0.000000626. The Labute approximate surface area is 135 Å². The Kier molecular flexibility index (Phi) is 13.0. The van der Waals surface area contributed by atoms with Crippen LogP contribution in [0.25, 0.3) is 0 Å². The molecule has 3 nitrogen and oxygen atoms in total. The molecule has 1 aromatic carbocycles. The van der Waals surface area contributed by atoms with Gasteiger partial charge in [0.15, 0.2) is 0 Å². The summed E-state index contributed by atoms with van der Waals surface area (Å²) in [4.78, 5) is 9.60. The molecule has 1 N–H and O–H groups in total. The van der Waals surface area contributed by atoms with Crippen molar-refractivity contribution < 1.29 is 14.6 Å². The summed E-state index contributed by atoms with van der Waals surface area (Å²) in [6.07, 6.45) is 9.35. The van der Waals surface area contributed by atoms with Gasteiger partial charge in [0.2, 0.25) is 0 Å². The molecule has 124 valence electrons. The van der Waals surface area contributed by atoms with Crippen LogP contribution in [-0.2, 0) is 4.79 Å². The van der Waals surface area contributed by atoms with E-state index in [2.05, 4.69) is 13.5 Å². The summed E-state index contributed by atoms with van der Waals surface area (Å²) in [7, 11) is 0. The van der Waals surface area contributed by atoms with Crippen LogP contribution in [0.3, 0.4) is 0 Å². The van der Waals surface area contributed by atoms with Gasteiger partial charge in [-0.3, -0.25) is 0 Å². The van der Waals surface area contributed by atoms with Crippen LogP contribution in [0.1, 0.15) is 58.8 Å². The predicted molar refractivity (Wildman–Crippen MR) is 92.4 cm³/mol. The van der Waals surface area contributed by atoms with Crippen LogP contribution < -0.4 is 4.74 Å². The molecule has 0 atom stereocenters. The van der Waals surface area contributed by atoms with Crippen LogP contribution in [0, 0.1) is 0 Å². The second kappa shape index (κ2) is 14.2. The number of hydrogen-bond donors (Lipinski definition) is 1. The highest BCUT2D eigenvalue weighted by molar-refractivity contribution is 5.84. The second-order valence-corrected chi connectivity index (χ2v) is 5.37. The molecule has 0 aliphatic carbocycles. The van der Waals surface area contributed by atoms with Crippen molar-refractivity contribution in [1.29, 1.82) is 0 Å². The van der Waals surface area contributed by atoms with E-state index in [-0.39, 0.29) is 5.57 Å². The van der Waals surface area contributed by atoms with Gasteiger partial charge in [-0.25, -0.2) is 4.79 Å². The van der Waals surface area contributed by atoms with E-state index in [9.17, 15) is 4.79 Å². The fourth-order valence-corrected chi connectivity index (χ4v) is 1.77. The molecular formula is C19H30O3. The molecule has 0 heterocycles. The molecule has 0 saturated carbocycles. The highest BCUT2D eigenvalue weighted by atomic mass is 16.5. The summed E-state index contributed by atoms with van der Waals surface area (Å²) in [6.45, 7) is 7.72. The van der Waals surface area contributed by atoms with Gasteiger partial charge in [0.25, 0.3) is 0 Å². The molecule has 0 saturated heterocycles. The average Bonchev–Trinajstić information content (AvgIpc) is 2.51. The number of aliphatic carboxylic acids is 1. The van der Waals surface area contributed by atoms with Crippen LogP contribution in [0.2, 0.25) is 0 Å². The number of hydrogen-bond acceptors (Lipinski definition) is 2. The summed E-state index contributed by atoms with van der Waals surface area (Å²) in [5.41, 5.74) is 0.176. The minimum atomic E-state index is -0.935. The first kappa shape index (κ1) is 20.2. The van der Waals surface area contributed by atoms with Gasteiger partial charge < -0.3 is 9.84 Å². The number of para-hydroxylation sites is 1. The van der Waals surface area contributed by atoms with Crippen LogP contribution in [-0.4, -0.2) is 17.7 Å². The summed E-state index contributed by atoms with van der Waals surface area (Å²) in [5.74, 6) is 0.0588. The summed E-state index contributed by atoms with van der Waals surface area (Å²) in [6, 6.07) is 10.1. The Hall–Kier alpha value is -1.77. The van der Waals surface area contributed by atoms with E-state index in [1.807, 2.05) is 30.3 Å². The largest absolute Gasteiger partial charge is 0.494 e. The van der Waals surface area contributed by atoms with Crippen molar-refractivity contribution in [2.24, 2.45) is 0 Å². The zero-order valence-electron chi connectivity index (χ0n) is 14.0. The maximum Gasteiger partial charge on any atom is 0.330 e. The van der Waals surface area contributed by atoms with Crippen LogP contribution in [0.4, 0.5) is 0 Å². The molecule has 1 rings (SSSR count). The number of carboxylic acids is 1. The van der Waals surface area contributed by atoms with Crippen molar-refractivity contribution in [2.75, 3.05) is 6.61 Å². The van der Waals surface area contributed by atoms with E-state index >= 15 is 0 Å². The predicted octanol–water partition coefficient (Wildman–Crippen LogP) is 5.46. The van der Waals surface area contributed by atoms with Crippen LogP contribution in [0.15, 0.2) is 42.5 Å². The van der Waals surface area contributed by atoms with Crippen molar-refractivity contribution >= 4 is 5.97 Å². The third-order valence-corrected chi connectivity index (χ3v) is 3.12. The third-order valence-electron chi connectivity index (χ3n) is 3.12. The number of rotatable bonds is 10. The Morgan fingerprint density at radius 2 is 1.55 bits per heavy atom. The zero-order chi connectivity index (χ0) is 16.6. The molecule has 0 radical (unpaired) electrons. The summed E-state index contributed by atoms with van der Waals surface area (Å²) >= 11 is 0. The number of benzene rings is 1. The lowest BCUT2D eigenvalue weighted by Crippen LogP contribution is -1.96. The van der Waals surface area contributed by atoms with Gasteiger partial charge in [0.05, 0.1) is 6.61 Å². The quantitative estimate of drug-likeness (QED) is 0.461. The van der Waals surface area contributed by atoms with E-state index in [1.165, 1.54) is 51.9 Å². The first-order valence-corrected chi connectivity index (χ1v) is 8.14. The molecule has 0 bridgehead atoms. The van der Waals surface area contributed by atoms with Crippen molar-refractivity contribution in [3.63, 3.8) is 0 Å². The highest BCUT2D eigenvalue weighted by Crippen LogP contribution is 2.10. The maximum absolute atomic E-state index is 9.60. The average molecular weight is 306 g/mol. The molecule has 3 heteroatoms. The van der Waals surface area contributed by atoms with Gasteiger partial charge in [0, 0.05) is 5.57 Å². The van der Waals surface area contributed by atoms with Crippen molar-refractivity contribution in [3.05, 3.63) is 42.5 Å². The summed E-state index contributed by atoms with van der Waals surface area (Å²) < 4.78 is 5.63. The van der Waals surface area contributed by atoms with Crippen molar-refractivity contribution in [1.82, 2.24) is 0 Å². The van der Waals surface area contributed by atoms with E-state index in [0.29, 0.717) is 0 Å². The Bertz CT molecular complexity index is 386. The van der Waals surface area contributed by atoms with Crippen molar-refractivity contribution in [3.8, 4) is 5.75 Å². The lowest BCUT2D eigenvalue weighted by atomic mass is 10.1. The number of ether oxygens (including phenoxy) is 1. The fraction of sp³-hybridized carbons (Fsp3) is 0.526. The summed E-state index contributed by atoms with van der Waals surface area (Å²) in [5, 5.41) is 7.89. The molecule has 0 spiro atoms. The second-order valence-electron chi connectivity index (χ2n) is 5.37. The molecule has 1 aromatic rings. The van der Waals surface area contributed by atoms with Crippen LogP contribution >= 0.6 is 0 Å². The highest BCUT2D eigenvalue weighted by Gasteiger charge is 1.93. The molecule has 0 aromatic heterocycles. The fourth-order valence-electron chi connectivity index (χ4n) is 1.77. The zero-order valence-corrected chi connectivity index (χ0v) is 14.0. The molecule has 0 amide bonds. The van der Waals surface area contributed by atoms with Crippen LogP contribution in [0.5, 0.6) is 5.75 Å². The van der Waals surface area contributed by atoms with E-state index in [1.54, 1.807) is 0 Å². The first-order chi connectivity index (χ1) is 10.6. The molecule has 0 fully saturated rings. The van der Waals surface area contributed by atoms with E-state index in [0.717, 1.165) is 12.4 Å². The lowest BCUT2D eigenvalue weighted by molar-refractivity contribution is -0.132. The number of unbranched alkanes of at least 4 members (excludes halogenated alkanes) is 6. The van der Waals surface area contributed by atoms with Gasteiger partial charge in [-0.1, -0.05) is 70.2 Å². The molecule has 22 heavy (non-hydrogen) atoms. The van der Waals surface area contributed by atoms with E-state index < -0.39 is 5.97 Å². The minimum absolute atomic E-state index is 0.176. The van der Waals surface area contributed by atoms with Gasteiger partial charge in [0.1, 0.15) is 5.75 Å². The third kappa shape index (κ3) is 13.2. The van der Waals surface area contributed by atoms with Gasteiger partial charge in [-0.2, -0.15) is 0 Å².